The molecule has 0 aliphatic heterocycles. The summed E-state index contributed by atoms with van der Waals surface area (Å²) in [6, 6.07) is 18.1. The zero-order valence-corrected chi connectivity index (χ0v) is 20.4. The number of aryl methyl sites for hydroxylation is 1. The Morgan fingerprint density at radius 1 is 0.941 bits per heavy atom. The quantitative estimate of drug-likeness (QED) is 0.463. The average Bonchev–Trinajstić information content (AvgIpc) is 2.83. The molecule has 0 aliphatic carbocycles. The van der Waals surface area contributed by atoms with Crippen LogP contribution in [-0.2, 0) is 14.8 Å². The van der Waals surface area contributed by atoms with E-state index < -0.39 is 22.5 Å². The van der Waals surface area contributed by atoms with Gasteiger partial charge in [-0.15, -0.1) is 0 Å². The van der Waals surface area contributed by atoms with Crippen LogP contribution in [0.2, 0.25) is 0 Å². The predicted octanol–water partition coefficient (Wildman–Crippen LogP) is 4.24. The fourth-order valence-electron chi connectivity index (χ4n) is 3.31. The van der Waals surface area contributed by atoms with Crippen molar-refractivity contribution in [1.29, 1.82) is 0 Å². The second-order valence-corrected chi connectivity index (χ2v) is 9.20. The van der Waals surface area contributed by atoms with Gasteiger partial charge in [0.25, 0.3) is 10.0 Å². The fourth-order valence-corrected chi connectivity index (χ4v) is 4.74. The number of rotatable bonds is 10. The van der Waals surface area contributed by atoms with Crippen molar-refractivity contribution >= 4 is 27.3 Å². The van der Waals surface area contributed by atoms with Gasteiger partial charge in [-0.25, -0.2) is 8.42 Å². The van der Waals surface area contributed by atoms with Crippen LogP contribution in [0.15, 0.2) is 71.6 Å². The summed E-state index contributed by atoms with van der Waals surface area (Å²) in [7, 11) is -1.11. The molecule has 0 aromatic heterocycles. The average molecular weight is 485 g/mol. The first-order valence-electron chi connectivity index (χ1n) is 10.6. The van der Waals surface area contributed by atoms with Crippen LogP contribution >= 0.6 is 0 Å². The van der Waals surface area contributed by atoms with E-state index in [1.165, 1.54) is 26.4 Å². The number of para-hydroxylation sites is 2. The number of carbonyl (C=O) groups is 1. The highest BCUT2D eigenvalue weighted by Crippen LogP contribution is 2.33. The molecule has 3 aromatic carbocycles. The number of methoxy groups -OCH3 is 2. The molecule has 180 valence electrons. The molecule has 8 nitrogen and oxygen atoms in total. The molecule has 0 fully saturated rings. The molecular weight excluding hydrogens is 456 g/mol. The number of anilines is 2. The molecule has 3 aromatic rings. The van der Waals surface area contributed by atoms with E-state index in [4.69, 9.17) is 14.2 Å². The van der Waals surface area contributed by atoms with Crippen molar-refractivity contribution in [2.75, 3.05) is 37.0 Å². The molecule has 3 rings (SSSR count). The Kier molecular flexibility index (Phi) is 8.01. The van der Waals surface area contributed by atoms with Crippen LogP contribution in [0, 0.1) is 6.92 Å². The van der Waals surface area contributed by atoms with E-state index >= 15 is 0 Å². The summed E-state index contributed by atoms with van der Waals surface area (Å²) in [4.78, 5) is 13.2. The number of hydrogen-bond donors (Lipinski definition) is 1. The van der Waals surface area contributed by atoms with Gasteiger partial charge < -0.3 is 19.5 Å². The normalized spacial score (nSPS) is 10.9. The molecule has 0 aliphatic rings. The van der Waals surface area contributed by atoms with Crippen molar-refractivity contribution in [3.63, 3.8) is 0 Å². The van der Waals surface area contributed by atoms with Crippen LogP contribution in [0.4, 0.5) is 11.4 Å². The van der Waals surface area contributed by atoms with Gasteiger partial charge in [0, 0.05) is 6.07 Å². The van der Waals surface area contributed by atoms with Gasteiger partial charge in [0.15, 0.2) is 0 Å². The van der Waals surface area contributed by atoms with E-state index in [1.54, 1.807) is 61.5 Å². The van der Waals surface area contributed by atoms with Gasteiger partial charge in [-0.3, -0.25) is 9.10 Å². The second kappa shape index (κ2) is 10.9. The van der Waals surface area contributed by atoms with Crippen molar-refractivity contribution in [3.05, 3.63) is 72.3 Å². The lowest BCUT2D eigenvalue weighted by Crippen LogP contribution is -2.38. The minimum Gasteiger partial charge on any atom is -0.497 e. The summed E-state index contributed by atoms with van der Waals surface area (Å²) >= 11 is 0. The highest BCUT2D eigenvalue weighted by atomic mass is 32.2. The van der Waals surface area contributed by atoms with Crippen molar-refractivity contribution in [2.45, 2.75) is 18.7 Å². The smallest absolute Gasteiger partial charge is 0.264 e. The van der Waals surface area contributed by atoms with E-state index in [1.807, 2.05) is 6.92 Å². The summed E-state index contributed by atoms with van der Waals surface area (Å²) in [6.07, 6.45) is 0. The molecule has 0 saturated carbocycles. The van der Waals surface area contributed by atoms with Gasteiger partial charge in [-0.05, 0) is 50.2 Å². The standard InChI is InChI=1S/C25H28N2O6S/c1-5-33-24-9-7-6-8-22(24)27(34(29,30)20-13-10-18(2)11-14-20)17-25(28)26-21-16-19(31-3)12-15-23(21)32-4/h6-16H,5,17H2,1-4H3,(H,26,28). The van der Waals surface area contributed by atoms with Crippen molar-refractivity contribution in [3.8, 4) is 17.2 Å². The maximum absolute atomic E-state index is 13.7. The van der Waals surface area contributed by atoms with E-state index in [0.717, 1.165) is 9.87 Å². The molecule has 0 heterocycles. The summed E-state index contributed by atoms with van der Waals surface area (Å²) in [5.41, 5.74) is 1.54. The van der Waals surface area contributed by atoms with Gasteiger partial charge >= 0.3 is 0 Å². The first-order chi connectivity index (χ1) is 16.3. The Morgan fingerprint density at radius 3 is 2.29 bits per heavy atom. The molecule has 0 unspecified atom stereocenters. The number of hydrogen-bond acceptors (Lipinski definition) is 6. The molecule has 0 atom stereocenters. The van der Waals surface area contributed by atoms with Crippen LogP contribution in [-0.4, -0.2) is 41.7 Å². The first-order valence-corrected chi connectivity index (χ1v) is 12.1. The molecule has 34 heavy (non-hydrogen) atoms. The Hall–Kier alpha value is -3.72. The number of sulfonamides is 1. The summed E-state index contributed by atoms with van der Waals surface area (Å²) < 4.78 is 44.6. The molecule has 0 bridgehead atoms. The topological polar surface area (TPSA) is 94.2 Å². The molecule has 1 amide bonds. The molecule has 1 N–H and O–H groups in total. The summed E-state index contributed by atoms with van der Waals surface area (Å²) in [5.74, 6) is 0.722. The largest absolute Gasteiger partial charge is 0.497 e. The van der Waals surface area contributed by atoms with Crippen molar-refractivity contribution < 1.29 is 27.4 Å². The van der Waals surface area contributed by atoms with Crippen LogP contribution in [0.1, 0.15) is 12.5 Å². The Bertz CT molecular complexity index is 1240. The zero-order chi connectivity index (χ0) is 24.7. The number of benzene rings is 3. The molecular formula is C25H28N2O6S. The number of amides is 1. The van der Waals surface area contributed by atoms with E-state index in [0.29, 0.717) is 29.5 Å². The minimum atomic E-state index is -4.09. The SMILES string of the molecule is CCOc1ccccc1N(CC(=O)Nc1cc(OC)ccc1OC)S(=O)(=O)c1ccc(C)cc1. The van der Waals surface area contributed by atoms with Gasteiger partial charge in [-0.2, -0.15) is 0 Å². The van der Waals surface area contributed by atoms with E-state index in [-0.39, 0.29) is 10.6 Å². The first kappa shape index (κ1) is 24.9. The third kappa shape index (κ3) is 5.60. The lowest BCUT2D eigenvalue weighted by molar-refractivity contribution is -0.114. The molecule has 0 saturated heterocycles. The molecule has 0 radical (unpaired) electrons. The Balaban J connectivity index is 2.01. The fraction of sp³-hybridized carbons (Fsp3) is 0.240. The highest BCUT2D eigenvalue weighted by Gasteiger charge is 2.29. The maximum Gasteiger partial charge on any atom is 0.264 e. The Morgan fingerprint density at radius 2 is 1.65 bits per heavy atom. The molecule has 0 spiro atoms. The highest BCUT2D eigenvalue weighted by molar-refractivity contribution is 7.92. The van der Waals surface area contributed by atoms with Crippen LogP contribution in [0.25, 0.3) is 0 Å². The number of nitrogens with zero attached hydrogens (tertiary/aromatic N) is 1. The lowest BCUT2D eigenvalue weighted by atomic mass is 10.2. The zero-order valence-electron chi connectivity index (χ0n) is 19.6. The van der Waals surface area contributed by atoms with Gasteiger partial charge in [0.2, 0.25) is 5.91 Å². The number of carbonyl (C=O) groups excluding carboxylic acids is 1. The monoisotopic (exact) mass is 484 g/mol. The summed E-state index contributed by atoms with van der Waals surface area (Å²) in [5, 5.41) is 2.73. The van der Waals surface area contributed by atoms with Crippen molar-refractivity contribution in [1.82, 2.24) is 0 Å². The second-order valence-electron chi connectivity index (χ2n) is 7.34. The van der Waals surface area contributed by atoms with Gasteiger partial charge in [0.05, 0.1) is 37.1 Å². The van der Waals surface area contributed by atoms with E-state index in [2.05, 4.69) is 5.32 Å². The van der Waals surface area contributed by atoms with Gasteiger partial charge in [0.1, 0.15) is 23.8 Å². The minimum absolute atomic E-state index is 0.0659. The number of ether oxygens (including phenoxy) is 3. The maximum atomic E-state index is 13.7. The van der Waals surface area contributed by atoms with Gasteiger partial charge in [-0.1, -0.05) is 29.8 Å². The third-order valence-corrected chi connectivity index (χ3v) is 6.78. The number of nitrogens with one attached hydrogen (secondary N) is 1. The lowest BCUT2D eigenvalue weighted by Gasteiger charge is -2.26. The van der Waals surface area contributed by atoms with Crippen LogP contribution < -0.4 is 23.8 Å². The Labute approximate surface area is 200 Å². The van der Waals surface area contributed by atoms with Crippen LogP contribution in [0.5, 0.6) is 17.2 Å². The van der Waals surface area contributed by atoms with Crippen LogP contribution in [0.3, 0.4) is 0 Å². The summed E-state index contributed by atoms with van der Waals surface area (Å²) in [6.45, 7) is 3.52. The predicted molar refractivity (Wildman–Crippen MR) is 131 cm³/mol. The van der Waals surface area contributed by atoms with Crippen molar-refractivity contribution in [2.24, 2.45) is 0 Å². The third-order valence-electron chi connectivity index (χ3n) is 5.01. The van der Waals surface area contributed by atoms with E-state index in [9.17, 15) is 13.2 Å². The molecule has 9 heteroatoms.